The molecule has 2 aliphatic rings. The second-order valence-corrected chi connectivity index (χ2v) is 29.2. The minimum Gasteiger partial charge on any atom is -0.470 e. The number of ketones is 1. The first kappa shape index (κ1) is 96.2. The van der Waals surface area contributed by atoms with E-state index in [0.717, 1.165) is 140 Å². The van der Waals surface area contributed by atoms with Crippen molar-refractivity contribution >= 4 is 50.8 Å². The molecule has 0 unspecified atom stereocenters. The zero-order valence-electron chi connectivity index (χ0n) is 72.7. The van der Waals surface area contributed by atoms with Gasteiger partial charge in [-0.15, -0.1) is 0 Å². The summed E-state index contributed by atoms with van der Waals surface area (Å²) in [5, 5.41) is 11.7. The van der Waals surface area contributed by atoms with E-state index >= 15 is 0 Å². The number of rotatable bonds is 9. The summed E-state index contributed by atoms with van der Waals surface area (Å²) in [6.45, 7) is 49.8. The van der Waals surface area contributed by atoms with Gasteiger partial charge >= 0.3 is 0 Å². The Morgan fingerprint density at radius 1 is 0.496 bits per heavy atom. The van der Waals surface area contributed by atoms with Gasteiger partial charge in [-0.1, -0.05) is 41.4 Å². The van der Waals surface area contributed by atoms with Crippen molar-refractivity contribution < 1.29 is 31.9 Å². The number of aromatic nitrogens is 9. The van der Waals surface area contributed by atoms with Gasteiger partial charge in [-0.25, -0.2) is 9.97 Å². The molecule has 12 aromatic heterocycles. The molecule has 2 saturated heterocycles. The fourth-order valence-electron chi connectivity index (χ4n) is 11.5. The number of H-pyrrole nitrogens is 1. The lowest BCUT2D eigenvalue weighted by Gasteiger charge is -2.26. The summed E-state index contributed by atoms with van der Waals surface area (Å²) in [5.74, 6) is 6.29. The van der Waals surface area contributed by atoms with Gasteiger partial charge in [-0.3, -0.25) is 29.5 Å². The maximum absolute atomic E-state index is 11.1. The van der Waals surface area contributed by atoms with E-state index in [0.29, 0.717) is 22.2 Å². The second-order valence-electron chi connectivity index (χ2n) is 28.7. The number of aromatic amines is 1. The Bertz CT molecular complexity index is 4870. The molecule has 16 rings (SSSR count). The number of furan rings is 4. The molecule has 2 aliphatic heterocycles. The molecule has 117 heavy (non-hydrogen) atoms. The molecule has 0 atom stereocenters. The van der Waals surface area contributed by atoms with E-state index < -0.39 is 0 Å². The van der Waals surface area contributed by atoms with Crippen LogP contribution in [0.2, 0.25) is 5.02 Å². The lowest BCUT2D eigenvalue weighted by Crippen LogP contribution is -2.37. The number of hydrogen-bond acceptors (Lipinski definition) is 17. The van der Waals surface area contributed by atoms with Gasteiger partial charge in [-0.2, -0.15) is 5.26 Å². The van der Waals surface area contributed by atoms with Gasteiger partial charge in [0.05, 0.1) is 61.5 Å². The number of Topliss-reactive ketones (excluding diaryl/α,β-unsaturated/α-hetero) is 1. The van der Waals surface area contributed by atoms with Crippen molar-refractivity contribution in [2.24, 2.45) is 7.05 Å². The average Bonchev–Trinajstić information content (AvgIpc) is 1.70. The Balaban J connectivity index is 0.000000233. The van der Waals surface area contributed by atoms with Gasteiger partial charge in [-0.05, 0) is 292 Å². The number of nitrogens with two attached hydrogens (primary N) is 2. The highest BCUT2D eigenvalue weighted by Crippen LogP contribution is 2.21. The van der Waals surface area contributed by atoms with Crippen LogP contribution in [0.5, 0.6) is 0 Å². The Hall–Kier alpha value is -11.4. The van der Waals surface area contributed by atoms with E-state index in [1.54, 1.807) is 62.8 Å². The highest BCUT2D eigenvalue weighted by atomic mass is 35.5. The molecule has 14 aromatic rings. The van der Waals surface area contributed by atoms with E-state index in [1.807, 2.05) is 190 Å². The third-order valence-corrected chi connectivity index (χ3v) is 19.4. The van der Waals surface area contributed by atoms with Crippen LogP contribution in [-0.2, 0) is 29.6 Å². The predicted molar refractivity (Wildman–Crippen MR) is 477 cm³/mol. The normalized spacial score (nSPS) is 11.9. The third-order valence-electron chi connectivity index (χ3n) is 19.1. The number of pyridine rings is 3. The second kappa shape index (κ2) is 52.3. The first-order chi connectivity index (χ1) is 55.9. The van der Waals surface area contributed by atoms with Gasteiger partial charge in [0.2, 0.25) is 0 Å². The third kappa shape index (κ3) is 36.5. The summed E-state index contributed by atoms with van der Waals surface area (Å²) in [6.07, 6.45) is 22.0. The van der Waals surface area contributed by atoms with Crippen LogP contribution in [0.15, 0.2) is 213 Å². The molecule has 0 radical (unpaired) electrons. The fraction of sp³-hybridized carbons (Fsp3) is 0.358. The highest BCUT2D eigenvalue weighted by Gasteiger charge is 2.14. The van der Waals surface area contributed by atoms with Crippen LogP contribution < -0.4 is 11.5 Å². The van der Waals surface area contributed by atoms with Crippen molar-refractivity contribution in [3.8, 4) is 6.07 Å². The molecule has 624 valence electrons. The van der Waals surface area contributed by atoms with Crippen LogP contribution in [0.3, 0.4) is 0 Å². The van der Waals surface area contributed by atoms with Crippen LogP contribution >= 0.6 is 11.6 Å². The Morgan fingerprint density at radius 3 is 1.42 bits per heavy atom. The maximum Gasteiger partial charge on any atom is 0.161 e. The molecule has 2 aromatic carbocycles. The monoisotopic (exact) mass is 1610 g/mol. The van der Waals surface area contributed by atoms with Crippen molar-refractivity contribution in [1.29, 1.82) is 5.26 Å². The minimum atomic E-state index is 0.143. The van der Waals surface area contributed by atoms with Crippen molar-refractivity contribution in [2.45, 2.75) is 157 Å². The van der Waals surface area contributed by atoms with Crippen molar-refractivity contribution in [3.63, 3.8) is 0 Å². The van der Waals surface area contributed by atoms with Gasteiger partial charge < -0.3 is 57.3 Å². The number of nitriles is 1. The molecule has 5 N–H and O–H groups in total. The van der Waals surface area contributed by atoms with Crippen molar-refractivity contribution in [1.82, 2.24) is 53.4 Å². The number of ether oxygens (including phenoxy) is 2. The number of benzene rings is 2. The number of carbonyl (C=O) groups is 1. The summed E-state index contributed by atoms with van der Waals surface area (Å²) >= 11 is 5.55. The van der Waals surface area contributed by atoms with Gasteiger partial charge in [0.25, 0.3) is 0 Å². The van der Waals surface area contributed by atoms with Crippen molar-refractivity contribution in [3.05, 3.63) is 314 Å². The summed E-state index contributed by atoms with van der Waals surface area (Å²) in [6, 6.07) is 44.7. The SMILES string of the molecule is CC(=O)c1c(C)[nH]c(C)c1C.Cc1cc(C)c(C)o1.Cc1ccc(C#N)cn1.Cc1ccc(Cl)cn1.Cc1ccc2c(ccn2CCCN2CCOCC2)c1.Cc1ccc2ccn(CCCN3CCOCC3)c2c1.Cc1cccn1C.Cc1cccnc1N.Cc1ccco1.Cc1ccoc1C.Cc1ccoc1C.Cc1nccnc1N. The van der Waals surface area contributed by atoms with E-state index in [-0.39, 0.29) is 5.78 Å². The highest BCUT2D eigenvalue weighted by molar-refractivity contribution is 6.30. The molecule has 14 heterocycles. The van der Waals surface area contributed by atoms with E-state index in [9.17, 15) is 4.79 Å². The molecule has 0 aliphatic carbocycles. The maximum atomic E-state index is 11.1. The van der Waals surface area contributed by atoms with Crippen LogP contribution in [0.4, 0.5) is 11.6 Å². The van der Waals surface area contributed by atoms with E-state index in [4.69, 9.17) is 55.5 Å². The average molecular weight is 1610 g/mol. The number of nitrogens with one attached hydrogen (secondary N) is 1. The standard InChI is InChI=1S/2C16H22N2O.C9H13NO.C7H6N2.C7H10O.C6H6ClN.C6H8N2.C6H9N.2C6H8O.C5H7N3.C5H6O/c1-14-3-4-16-15(13-14)5-8-18(16)7-2-6-17-9-11-19-12-10-17;1-14-3-4-15-5-8-18(16(15)13-14)7-2-6-17-9-11-19-12-10-17;1-5-6(2)10-7(3)9(5)8(4)11;1-6-2-3-7(4-8)5-9-6;1-5-4-6(2)8-7(5)3;1-5-2-3-6(7)4-8-5;1-5-3-2-4-8-6(5)7;1-6-4-3-5-7(6)2;2*1-5-3-4-7-6(5)2;1-4-5(6)8-3-2-7-4;1-5-3-2-4-6-5/h2*3-5,8,13H,2,6-7,9-12H2,1H3;10H,1-4H3;2-3,5H,1H3;4H,1-3H3;2-4H,1H3;2-4H,1H3,(H2,7,8);3-5H,1-2H3;2*3-4H,1-2H3;2-3H,1H3,(H2,6,8);2-4H,1H3. The molecule has 22 heteroatoms. The fourth-order valence-corrected chi connectivity index (χ4v) is 11.6. The number of aryl methyl sites for hydroxylation is 20. The summed E-state index contributed by atoms with van der Waals surface area (Å²) < 4.78 is 37.6. The molecular formula is C95H125ClN14O7. The van der Waals surface area contributed by atoms with Crippen LogP contribution in [-0.4, -0.2) is 125 Å². The van der Waals surface area contributed by atoms with Crippen molar-refractivity contribution in [2.75, 3.05) is 77.2 Å². The summed E-state index contributed by atoms with van der Waals surface area (Å²) in [5.41, 5.74) is 29.5. The molecular weight excluding hydrogens is 1480 g/mol. The van der Waals surface area contributed by atoms with Gasteiger partial charge in [0.15, 0.2) is 5.78 Å². The number of nitrogens with zero attached hydrogens (tertiary/aromatic N) is 11. The van der Waals surface area contributed by atoms with Gasteiger partial charge in [0.1, 0.15) is 46.5 Å². The number of morpholine rings is 2. The number of fused-ring (bicyclic) bond motifs is 2. The summed E-state index contributed by atoms with van der Waals surface area (Å²) in [7, 11) is 2.04. The number of anilines is 2. The Labute approximate surface area is 699 Å². The largest absolute Gasteiger partial charge is 0.470 e. The number of carbonyl (C=O) groups excluding carboxylic acids is 1. The van der Waals surface area contributed by atoms with Crippen LogP contribution in [0.1, 0.15) is 138 Å². The topological polar surface area (TPSA) is 265 Å². The quantitative estimate of drug-likeness (QED) is 0.113. The number of hydrogen-bond donors (Lipinski definition) is 3. The van der Waals surface area contributed by atoms with E-state index in [2.05, 4.69) is 141 Å². The summed E-state index contributed by atoms with van der Waals surface area (Å²) in [4.78, 5) is 38.6. The lowest BCUT2D eigenvalue weighted by atomic mass is 10.1. The Kier molecular flexibility index (Phi) is 43.0. The molecule has 2 fully saturated rings. The first-order valence-corrected chi connectivity index (χ1v) is 39.9. The molecule has 0 amide bonds. The minimum absolute atomic E-state index is 0.143. The molecule has 0 saturated carbocycles. The first-order valence-electron chi connectivity index (χ1n) is 39.5. The zero-order chi connectivity index (χ0) is 85.8. The zero-order valence-corrected chi connectivity index (χ0v) is 73.4. The van der Waals surface area contributed by atoms with E-state index in [1.165, 1.54) is 81.2 Å². The van der Waals surface area contributed by atoms with Crippen LogP contribution in [0, 0.1) is 136 Å². The smallest absolute Gasteiger partial charge is 0.161 e. The lowest BCUT2D eigenvalue weighted by molar-refractivity contribution is 0.0369. The molecule has 0 bridgehead atoms. The molecule has 0 spiro atoms. The van der Waals surface area contributed by atoms with Gasteiger partial charge in [0, 0.05) is 154 Å². The van der Waals surface area contributed by atoms with Crippen LogP contribution in [0.25, 0.3) is 21.8 Å². The molecule has 21 nitrogen and oxygen atoms in total. The Morgan fingerprint density at radius 2 is 1.06 bits per heavy atom. The number of nitrogen functional groups attached to an aromatic ring is 2. The number of halogens is 1. The predicted octanol–water partition coefficient (Wildman–Crippen LogP) is 21.1.